The summed E-state index contributed by atoms with van der Waals surface area (Å²) >= 11 is 0. The second kappa shape index (κ2) is 8.37. The van der Waals surface area contributed by atoms with E-state index in [9.17, 15) is 8.42 Å². The van der Waals surface area contributed by atoms with Crippen LogP contribution in [0.25, 0.3) is 0 Å². The maximum atomic E-state index is 12.7. The number of benzene rings is 1. The Kier molecular flexibility index (Phi) is 6.41. The van der Waals surface area contributed by atoms with Crippen molar-refractivity contribution in [1.29, 1.82) is 10.7 Å². The number of hydrogen-bond acceptors (Lipinski definition) is 8. The van der Waals surface area contributed by atoms with Crippen LogP contribution in [0.4, 0.5) is 11.4 Å². The number of hydrazone groups is 1. The Hall–Kier alpha value is -2.64. The van der Waals surface area contributed by atoms with Gasteiger partial charge >= 0.3 is 0 Å². The highest BCUT2D eigenvalue weighted by atomic mass is 32.2. The van der Waals surface area contributed by atoms with Crippen LogP contribution in [0.1, 0.15) is 13.8 Å². The van der Waals surface area contributed by atoms with Crippen molar-refractivity contribution >= 4 is 32.8 Å². The molecule has 4 N–H and O–H groups in total. The standard InChI is InChI=1S/C17H25N7O2S/c1-12(2)27(25,26)16-5-4-13(24-8-6-23(3)7-9-24)10-14(16)21-22-15(11-18)17(19)20/h4-5,10,12,21H,6-9H2,1-3H3,(H3,19,20)/b22-15+. The first-order chi connectivity index (χ1) is 12.7. The molecule has 146 valence electrons. The SMILES string of the molecule is CC(C)S(=O)(=O)c1ccc(N2CCN(C)CC2)cc1N/N=C(\C#N)C(=N)N. The fourth-order valence-corrected chi connectivity index (χ4v) is 3.81. The maximum Gasteiger partial charge on any atom is 0.201 e. The number of hydrogen-bond donors (Lipinski definition) is 3. The summed E-state index contributed by atoms with van der Waals surface area (Å²) in [6, 6.07) is 6.76. The van der Waals surface area contributed by atoms with Crippen LogP contribution < -0.4 is 16.1 Å². The quantitative estimate of drug-likeness (QED) is 0.371. The van der Waals surface area contributed by atoms with Crippen LogP contribution in [0.3, 0.4) is 0 Å². The summed E-state index contributed by atoms with van der Waals surface area (Å²) in [5.74, 6) is -0.492. The highest BCUT2D eigenvalue weighted by Crippen LogP contribution is 2.30. The summed E-state index contributed by atoms with van der Waals surface area (Å²) in [6.45, 7) is 6.69. The van der Waals surface area contributed by atoms with Gasteiger partial charge in [-0.25, -0.2) is 8.42 Å². The van der Waals surface area contributed by atoms with E-state index >= 15 is 0 Å². The molecule has 1 heterocycles. The van der Waals surface area contributed by atoms with E-state index < -0.39 is 20.9 Å². The molecule has 27 heavy (non-hydrogen) atoms. The number of nitrogens with zero attached hydrogens (tertiary/aromatic N) is 4. The molecule has 10 heteroatoms. The topological polar surface area (TPSA) is 139 Å². The lowest BCUT2D eigenvalue weighted by atomic mass is 10.2. The van der Waals surface area contributed by atoms with Crippen molar-refractivity contribution in [2.75, 3.05) is 43.6 Å². The lowest BCUT2D eigenvalue weighted by Crippen LogP contribution is -2.44. The molecule has 1 saturated heterocycles. The molecular formula is C17H25N7O2S. The molecule has 0 amide bonds. The average molecular weight is 392 g/mol. The van der Waals surface area contributed by atoms with Gasteiger partial charge in [-0.1, -0.05) is 0 Å². The molecule has 0 aromatic heterocycles. The van der Waals surface area contributed by atoms with Gasteiger partial charge in [0.25, 0.3) is 0 Å². The molecular weight excluding hydrogens is 366 g/mol. The minimum atomic E-state index is -3.57. The molecule has 1 aliphatic rings. The molecule has 0 unspecified atom stereocenters. The van der Waals surface area contributed by atoms with E-state index in [1.165, 1.54) is 0 Å². The summed E-state index contributed by atoms with van der Waals surface area (Å²) in [5.41, 5.74) is 8.74. The Balaban J connectivity index is 2.46. The predicted octanol–water partition coefficient (Wildman–Crippen LogP) is 0.848. The summed E-state index contributed by atoms with van der Waals surface area (Å²) in [4.78, 5) is 4.49. The molecule has 9 nitrogen and oxygen atoms in total. The summed E-state index contributed by atoms with van der Waals surface area (Å²) in [6.07, 6.45) is 0. The van der Waals surface area contributed by atoms with Crippen molar-refractivity contribution in [2.24, 2.45) is 10.8 Å². The van der Waals surface area contributed by atoms with E-state index in [2.05, 4.69) is 27.4 Å². The second-order valence-corrected chi connectivity index (χ2v) is 9.13. The lowest BCUT2D eigenvalue weighted by molar-refractivity contribution is 0.313. The van der Waals surface area contributed by atoms with Crippen molar-refractivity contribution < 1.29 is 8.42 Å². The van der Waals surface area contributed by atoms with Gasteiger partial charge in [0, 0.05) is 31.9 Å². The normalized spacial score (nSPS) is 16.3. The minimum Gasteiger partial charge on any atom is -0.382 e. The first-order valence-electron chi connectivity index (χ1n) is 8.56. The number of amidine groups is 1. The molecule has 0 bridgehead atoms. The number of piperazine rings is 1. The van der Waals surface area contributed by atoms with Gasteiger partial charge < -0.3 is 15.5 Å². The molecule has 1 aromatic carbocycles. The van der Waals surface area contributed by atoms with Crippen molar-refractivity contribution in [3.8, 4) is 6.07 Å². The number of sulfone groups is 1. The zero-order valence-electron chi connectivity index (χ0n) is 15.7. The molecule has 1 aromatic rings. The molecule has 1 aliphatic heterocycles. The van der Waals surface area contributed by atoms with Gasteiger partial charge in [-0.2, -0.15) is 10.4 Å². The van der Waals surface area contributed by atoms with Gasteiger partial charge in [0.2, 0.25) is 5.71 Å². The third-order valence-electron chi connectivity index (χ3n) is 4.41. The minimum absolute atomic E-state index is 0.0972. The molecule has 0 atom stereocenters. The maximum absolute atomic E-state index is 12.7. The Morgan fingerprint density at radius 2 is 1.96 bits per heavy atom. The largest absolute Gasteiger partial charge is 0.382 e. The lowest BCUT2D eigenvalue weighted by Gasteiger charge is -2.34. The highest BCUT2D eigenvalue weighted by molar-refractivity contribution is 7.92. The first kappa shape index (κ1) is 20.7. The smallest absolute Gasteiger partial charge is 0.201 e. The molecule has 2 rings (SSSR count). The first-order valence-corrected chi connectivity index (χ1v) is 10.1. The van der Waals surface area contributed by atoms with E-state index in [4.69, 9.17) is 16.4 Å². The fourth-order valence-electron chi connectivity index (χ4n) is 2.63. The number of rotatable bonds is 6. The Morgan fingerprint density at radius 3 is 2.48 bits per heavy atom. The Morgan fingerprint density at radius 1 is 1.33 bits per heavy atom. The van der Waals surface area contributed by atoms with Gasteiger partial charge in [-0.05, 0) is 39.1 Å². The van der Waals surface area contributed by atoms with Gasteiger partial charge in [-0.15, -0.1) is 0 Å². The van der Waals surface area contributed by atoms with E-state index in [1.54, 1.807) is 38.1 Å². The zero-order chi connectivity index (χ0) is 20.2. The van der Waals surface area contributed by atoms with Crippen molar-refractivity contribution in [3.05, 3.63) is 18.2 Å². The molecule has 1 fully saturated rings. The van der Waals surface area contributed by atoms with Crippen LogP contribution in [0.5, 0.6) is 0 Å². The number of nitriles is 1. The number of anilines is 2. The van der Waals surface area contributed by atoms with Crippen LogP contribution in [0.2, 0.25) is 0 Å². The van der Waals surface area contributed by atoms with Gasteiger partial charge in [-0.3, -0.25) is 10.8 Å². The van der Waals surface area contributed by atoms with Gasteiger partial charge in [0.1, 0.15) is 6.07 Å². The number of likely N-dealkylation sites (N-methyl/N-ethyl adjacent to an activating group) is 1. The second-order valence-electron chi connectivity index (χ2n) is 6.66. The van der Waals surface area contributed by atoms with Crippen molar-refractivity contribution in [1.82, 2.24) is 4.90 Å². The third-order valence-corrected chi connectivity index (χ3v) is 6.62. The molecule has 0 saturated carbocycles. The van der Waals surface area contributed by atoms with Gasteiger partial charge in [0.15, 0.2) is 15.7 Å². The Bertz CT molecular complexity index is 879. The number of nitrogens with two attached hydrogens (primary N) is 1. The zero-order valence-corrected chi connectivity index (χ0v) is 16.5. The summed E-state index contributed by atoms with van der Waals surface area (Å²) in [7, 11) is -1.51. The summed E-state index contributed by atoms with van der Waals surface area (Å²) in [5, 5.41) is 19.5. The van der Waals surface area contributed by atoms with Crippen LogP contribution in [-0.4, -0.2) is 63.3 Å². The van der Waals surface area contributed by atoms with Crippen molar-refractivity contribution in [3.63, 3.8) is 0 Å². The van der Waals surface area contributed by atoms with Crippen LogP contribution in [-0.2, 0) is 9.84 Å². The molecule has 0 aliphatic carbocycles. The van der Waals surface area contributed by atoms with Crippen molar-refractivity contribution in [2.45, 2.75) is 24.0 Å². The predicted molar refractivity (Wildman–Crippen MR) is 107 cm³/mol. The van der Waals surface area contributed by atoms with Crippen LogP contribution in [0, 0.1) is 16.7 Å². The van der Waals surface area contributed by atoms with E-state index in [0.717, 1.165) is 31.9 Å². The third kappa shape index (κ3) is 4.75. The average Bonchev–Trinajstić information content (AvgIpc) is 2.62. The number of nitrogens with one attached hydrogen (secondary N) is 2. The highest BCUT2D eigenvalue weighted by Gasteiger charge is 2.24. The van der Waals surface area contributed by atoms with Gasteiger partial charge in [0.05, 0.1) is 15.8 Å². The fraction of sp³-hybridized carbons (Fsp3) is 0.471. The van der Waals surface area contributed by atoms with Crippen LogP contribution >= 0.6 is 0 Å². The van der Waals surface area contributed by atoms with Crippen LogP contribution in [0.15, 0.2) is 28.2 Å². The van der Waals surface area contributed by atoms with E-state index in [1.807, 2.05) is 0 Å². The summed E-state index contributed by atoms with van der Waals surface area (Å²) < 4.78 is 25.4. The Labute approximate surface area is 159 Å². The van der Waals surface area contributed by atoms with E-state index in [-0.39, 0.29) is 16.3 Å². The van der Waals surface area contributed by atoms with E-state index in [0.29, 0.717) is 0 Å². The molecule has 0 spiro atoms. The monoisotopic (exact) mass is 391 g/mol. The molecule has 0 radical (unpaired) electrons.